The van der Waals surface area contributed by atoms with E-state index in [0.29, 0.717) is 0 Å². The molecule has 0 saturated carbocycles. The third-order valence-electron chi connectivity index (χ3n) is 22.1. The summed E-state index contributed by atoms with van der Waals surface area (Å²) in [5, 5.41) is 0. The average molecular weight is 1480 g/mol. The molecule has 6 nitrogen and oxygen atoms in total. The molecule has 0 spiro atoms. The predicted octanol–water partition coefficient (Wildman–Crippen LogP) is 31.6. The van der Waals surface area contributed by atoms with E-state index in [-0.39, 0.29) is 47.5 Å². The van der Waals surface area contributed by atoms with Crippen LogP contribution in [0.25, 0.3) is 0 Å². The van der Waals surface area contributed by atoms with Crippen molar-refractivity contribution in [2.45, 2.75) is 524 Å². The van der Waals surface area contributed by atoms with Gasteiger partial charge >= 0.3 is 37.7 Å². The number of hydrogen-bond donors (Lipinski definition) is 0. The van der Waals surface area contributed by atoms with E-state index in [9.17, 15) is 25.9 Å². The number of aryl methyl sites for hydroxylation is 2. The van der Waals surface area contributed by atoms with Crippen molar-refractivity contribution in [1.82, 2.24) is 0 Å². The van der Waals surface area contributed by atoms with E-state index in [4.69, 9.17) is 0 Å². The van der Waals surface area contributed by atoms with Gasteiger partial charge in [0, 0.05) is 0 Å². The van der Waals surface area contributed by atoms with Crippen molar-refractivity contribution in [2.24, 2.45) is 0 Å². The van der Waals surface area contributed by atoms with Gasteiger partial charge in [0.25, 0.3) is 0 Å². The summed E-state index contributed by atoms with van der Waals surface area (Å²) in [4.78, 5) is -0.263. The monoisotopic (exact) mass is 1480 g/mol. The van der Waals surface area contributed by atoms with Crippen molar-refractivity contribution in [3.05, 3.63) is 59.7 Å². The Morgan fingerprint density at radius 1 is 0.178 bits per heavy atom. The molecule has 0 heterocycles. The Bertz CT molecular complexity index is 1980. The molecule has 0 fully saturated rings. The third kappa shape index (κ3) is 76.1. The van der Waals surface area contributed by atoms with E-state index in [1.54, 1.807) is 24.3 Å². The predicted molar refractivity (Wildman–Crippen MR) is 444 cm³/mol. The van der Waals surface area contributed by atoms with Gasteiger partial charge in [0.2, 0.25) is 0 Å². The van der Waals surface area contributed by atoms with Crippen LogP contribution in [0.2, 0.25) is 0 Å². The molecule has 0 atom stereocenters. The maximum atomic E-state index is 11.0. The fraction of sp³-hybridized carbons (Fsp3) is 0.870. The molecule has 0 aliphatic carbocycles. The standard InChI is InChI=1S/2C46H86O3S.Ca/c2*1-2-3-4-5-6-7-8-9-10-11-12-13-14-15-16-17-18-19-20-21-22-23-24-25-26-27-28-29-30-31-32-33-34-35-36-37-38-39-40-45-41-43-46(44-42-45)50(47,48)49;/h2*41-44H,2-40H2,1H3,(H,47,48,49);/q;;+2/p-2. The minimum atomic E-state index is -4.33. The number of benzene rings is 2. The summed E-state index contributed by atoms with van der Waals surface area (Å²) in [6, 6.07) is 12.8. The van der Waals surface area contributed by atoms with Gasteiger partial charge < -0.3 is 9.11 Å². The normalized spacial score (nSPS) is 11.8. The molecule has 0 aromatic heterocycles. The molecule has 0 unspecified atom stereocenters. The summed E-state index contributed by atoms with van der Waals surface area (Å²) in [6.07, 6.45) is 111. The van der Waals surface area contributed by atoms with Crippen molar-refractivity contribution in [1.29, 1.82) is 0 Å². The Morgan fingerprint density at radius 2 is 0.277 bits per heavy atom. The van der Waals surface area contributed by atoms with Gasteiger partial charge in [-0.3, -0.25) is 0 Å². The summed E-state index contributed by atoms with van der Waals surface area (Å²) in [7, 11) is -8.67. The molecule has 0 saturated heterocycles. The van der Waals surface area contributed by atoms with Crippen LogP contribution in [0, 0.1) is 0 Å². The average Bonchev–Trinajstić information content (AvgIpc) is 0.876. The Kier molecular flexibility index (Phi) is 80.1. The molecule has 2 aromatic carbocycles. The van der Waals surface area contributed by atoms with Crippen molar-refractivity contribution < 1.29 is 25.9 Å². The minimum absolute atomic E-state index is 0. The number of hydrogen-bond acceptors (Lipinski definition) is 6. The number of unbranched alkanes of at least 4 members (excludes halogenated alkanes) is 74. The molecule has 0 N–H and O–H groups in total. The molecule has 9 heteroatoms. The Hall–Kier alpha value is -0.480. The van der Waals surface area contributed by atoms with E-state index in [0.717, 1.165) is 36.8 Å². The summed E-state index contributed by atoms with van der Waals surface area (Å²) in [6.45, 7) is 4.61. The molecule has 0 aliphatic rings. The minimum Gasteiger partial charge on any atom is -0.744 e. The molecule has 0 radical (unpaired) electrons. The molecule has 0 bridgehead atoms. The molecular formula is C92H170CaO6S2. The van der Waals surface area contributed by atoms with E-state index in [1.165, 1.54) is 499 Å². The Labute approximate surface area is 662 Å². The maximum Gasteiger partial charge on any atom is 2.00 e. The van der Waals surface area contributed by atoms with Gasteiger partial charge in [0.05, 0.1) is 9.79 Å². The molecule has 0 aliphatic heterocycles. The first-order valence-corrected chi connectivity index (χ1v) is 48.0. The number of rotatable bonds is 80. The van der Waals surface area contributed by atoms with E-state index in [1.807, 2.05) is 0 Å². The van der Waals surface area contributed by atoms with Crippen LogP contribution in [0.1, 0.15) is 513 Å². The Morgan fingerprint density at radius 3 is 0.376 bits per heavy atom. The van der Waals surface area contributed by atoms with Crippen LogP contribution in [0.4, 0.5) is 0 Å². The molecule has 101 heavy (non-hydrogen) atoms. The van der Waals surface area contributed by atoms with Gasteiger partial charge in [0.15, 0.2) is 0 Å². The second-order valence-electron chi connectivity index (χ2n) is 31.9. The van der Waals surface area contributed by atoms with Crippen LogP contribution in [0.3, 0.4) is 0 Å². The zero-order valence-electron chi connectivity index (χ0n) is 67.7. The van der Waals surface area contributed by atoms with Crippen LogP contribution in [-0.4, -0.2) is 63.7 Å². The van der Waals surface area contributed by atoms with Gasteiger partial charge in [-0.2, -0.15) is 0 Å². The van der Waals surface area contributed by atoms with Gasteiger partial charge in [-0.15, -0.1) is 0 Å². The Balaban J connectivity index is 0.00000196. The van der Waals surface area contributed by atoms with Crippen molar-refractivity contribution in [3.8, 4) is 0 Å². The molecule has 2 rings (SSSR count). The first-order chi connectivity index (χ1) is 49.1. The van der Waals surface area contributed by atoms with Crippen LogP contribution in [0.15, 0.2) is 58.3 Å². The molecule has 588 valence electrons. The largest absolute Gasteiger partial charge is 2.00 e. The van der Waals surface area contributed by atoms with Crippen molar-refractivity contribution >= 4 is 58.0 Å². The topological polar surface area (TPSA) is 114 Å². The smallest absolute Gasteiger partial charge is 0.744 e. The van der Waals surface area contributed by atoms with Gasteiger partial charge in [0.1, 0.15) is 20.2 Å². The first kappa shape index (κ1) is 101. The summed E-state index contributed by atoms with van der Waals surface area (Å²) >= 11 is 0. The first-order valence-electron chi connectivity index (χ1n) is 45.2. The quantitative estimate of drug-likeness (QED) is 0.0370. The zero-order valence-corrected chi connectivity index (χ0v) is 71.6. The summed E-state index contributed by atoms with van der Waals surface area (Å²) in [5.41, 5.74) is 2.23. The second kappa shape index (κ2) is 80.5. The van der Waals surface area contributed by atoms with Crippen LogP contribution < -0.4 is 0 Å². The summed E-state index contributed by atoms with van der Waals surface area (Å²) in [5.74, 6) is 0. The van der Waals surface area contributed by atoms with Gasteiger partial charge in [-0.1, -0.05) is 513 Å². The molecule has 2 aromatic rings. The maximum absolute atomic E-state index is 11.0. The van der Waals surface area contributed by atoms with Gasteiger partial charge in [-0.25, -0.2) is 16.8 Å². The van der Waals surface area contributed by atoms with Crippen molar-refractivity contribution in [3.63, 3.8) is 0 Å². The molecular weight excluding hydrogens is 1310 g/mol. The summed E-state index contributed by atoms with van der Waals surface area (Å²) < 4.78 is 66.1. The van der Waals surface area contributed by atoms with Crippen molar-refractivity contribution in [2.75, 3.05) is 0 Å². The van der Waals surface area contributed by atoms with E-state index >= 15 is 0 Å². The van der Waals surface area contributed by atoms with E-state index < -0.39 is 20.2 Å². The molecule has 0 amide bonds. The fourth-order valence-electron chi connectivity index (χ4n) is 15.2. The third-order valence-corrected chi connectivity index (χ3v) is 23.8. The van der Waals surface area contributed by atoms with Crippen LogP contribution >= 0.6 is 0 Å². The van der Waals surface area contributed by atoms with Crippen LogP contribution in [0.5, 0.6) is 0 Å². The SMILES string of the molecule is CCCCCCCCCCCCCCCCCCCCCCCCCCCCCCCCCCCCCCCCc1ccc(S(=O)(=O)[O-])cc1.CCCCCCCCCCCCCCCCCCCCCCCCCCCCCCCCCCCCCCCCc1ccc(S(=O)(=O)[O-])cc1.[Ca+2]. The second-order valence-corrected chi connectivity index (χ2v) is 34.6. The zero-order chi connectivity index (χ0) is 72.1. The van der Waals surface area contributed by atoms with Gasteiger partial charge in [-0.05, 0) is 61.1 Å². The fourth-order valence-corrected chi connectivity index (χ4v) is 16.1. The van der Waals surface area contributed by atoms with E-state index in [2.05, 4.69) is 13.8 Å². The van der Waals surface area contributed by atoms with Crippen LogP contribution in [-0.2, 0) is 33.1 Å².